The van der Waals surface area contributed by atoms with E-state index >= 15 is 0 Å². The normalized spacial score (nSPS) is 15.5. The van der Waals surface area contributed by atoms with Crippen LogP contribution in [0.2, 0.25) is 10.0 Å². The van der Waals surface area contributed by atoms with E-state index in [4.69, 9.17) is 32.7 Å². The molecule has 0 radical (unpaired) electrons. The number of halogens is 2. The van der Waals surface area contributed by atoms with E-state index < -0.39 is 0 Å². The number of rotatable bonds is 4. The van der Waals surface area contributed by atoms with Crippen LogP contribution in [0.4, 0.5) is 0 Å². The average Bonchev–Trinajstić information content (AvgIpc) is 2.76. The van der Waals surface area contributed by atoms with E-state index in [1.165, 1.54) is 0 Å². The van der Waals surface area contributed by atoms with Gasteiger partial charge in [0.1, 0.15) is 0 Å². The molecular weight excluding hydrogens is 421 g/mol. The minimum absolute atomic E-state index is 0.117. The highest BCUT2D eigenvalue weighted by molar-refractivity contribution is 6.35. The van der Waals surface area contributed by atoms with Gasteiger partial charge in [0.2, 0.25) is 0 Å². The second-order valence-corrected chi connectivity index (χ2v) is 8.00. The Morgan fingerprint density at radius 2 is 1.57 bits per heavy atom. The van der Waals surface area contributed by atoms with Crippen LogP contribution in [0.1, 0.15) is 33.1 Å². The van der Waals surface area contributed by atoms with Crippen LogP contribution in [0, 0.1) is 0 Å². The van der Waals surface area contributed by atoms with E-state index in [0.29, 0.717) is 40.1 Å². The summed E-state index contributed by atoms with van der Waals surface area (Å²) in [6.07, 6.45) is 0.707. The number of hydrogen-bond donors (Lipinski definition) is 0. The summed E-state index contributed by atoms with van der Waals surface area (Å²) in [7, 11) is 3.24. The van der Waals surface area contributed by atoms with Crippen molar-refractivity contribution in [1.29, 1.82) is 0 Å². The third-order valence-corrected chi connectivity index (χ3v) is 5.80. The second kappa shape index (κ2) is 8.58. The largest absolute Gasteiger partial charge is 0.493 e. The van der Waals surface area contributed by atoms with Gasteiger partial charge in [-0.3, -0.25) is 4.79 Å². The van der Waals surface area contributed by atoms with Gasteiger partial charge in [-0.25, -0.2) is 0 Å². The first-order valence-corrected chi connectivity index (χ1v) is 10.3. The highest BCUT2D eigenvalue weighted by atomic mass is 35.5. The second-order valence-electron chi connectivity index (χ2n) is 7.13. The van der Waals surface area contributed by atoms with Crippen LogP contribution in [0.25, 0.3) is 0 Å². The maximum atomic E-state index is 13.5. The van der Waals surface area contributed by atoms with Crippen LogP contribution in [-0.2, 0) is 6.42 Å². The lowest BCUT2D eigenvalue weighted by Crippen LogP contribution is -2.40. The topological polar surface area (TPSA) is 38.8 Å². The van der Waals surface area contributed by atoms with Crippen molar-refractivity contribution in [2.45, 2.75) is 12.5 Å². The van der Waals surface area contributed by atoms with Gasteiger partial charge >= 0.3 is 0 Å². The SMILES string of the molecule is COc1cc2c(cc1OC)C(c1ccccc1)N(C(=O)c1cc(Cl)cc(Cl)c1)CC2. The zero-order chi connectivity index (χ0) is 21.3. The molecule has 0 N–H and O–H groups in total. The first-order chi connectivity index (χ1) is 14.5. The zero-order valence-electron chi connectivity index (χ0n) is 16.7. The molecule has 4 nitrogen and oxygen atoms in total. The summed E-state index contributed by atoms with van der Waals surface area (Å²) in [5, 5.41) is 0.872. The van der Waals surface area contributed by atoms with Gasteiger partial charge in [-0.2, -0.15) is 0 Å². The highest BCUT2D eigenvalue weighted by Gasteiger charge is 2.34. The molecule has 1 atom stereocenters. The Kier molecular flexibility index (Phi) is 5.89. The van der Waals surface area contributed by atoms with Crippen molar-refractivity contribution in [3.63, 3.8) is 0 Å². The molecule has 0 spiro atoms. The molecule has 30 heavy (non-hydrogen) atoms. The summed E-state index contributed by atoms with van der Waals surface area (Å²) in [6.45, 7) is 0.561. The molecule has 3 aromatic carbocycles. The first kappa shape index (κ1) is 20.6. The summed E-state index contributed by atoms with van der Waals surface area (Å²) >= 11 is 12.3. The molecule has 6 heteroatoms. The van der Waals surface area contributed by atoms with Crippen LogP contribution in [-0.4, -0.2) is 31.6 Å². The molecule has 0 saturated carbocycles. The van der Waals surface area contributed by atoms with Gasteiger partial charge in [-0.05, 0) is 53.4 Å². The van der Waals surface area contributed by atoms with E-state index in [9.17, 15) is 4.79 Å². The highest BCUT2D eigenvalue weighted by Crippen LogP contribution is 2.41. The molecule has 1 aliphatic rings. The number of nitrogens with zero attached hydrogens (tertiary/aromatic N) is 1. The summed E-state index contributed by atoms with van der Waals surface area (Å²) in [5.41, 5.74) is 3.64. The van der Waals surface area contributed by atoms with Gasteiger partial charge in [0.15, 0.2) is 11.5 Å². The van der Waals surface area contributed by atoms with E-state index in [2.05, 4.69) is 0 Å². The molecule has 0 saturated heterocycles. The molecule has 0 aliphatic carbocycles. The number of ether oxygens (including phenoxy) is 2. The van der Waals surface area contributed by atoms with Crippen molar-refractivity contribution in [2.24, 2.45) is 0 Å². The summed E-state index contributed by atoms with van der Waals surface area (Å²) < 4.78 is 11.0. The predicted molar refractivity (Wildman–Crippen MR) is 119 cm³/mol. The molecule has 4 rings (SSSR count). The van der Waals surface area contributed by atoms with Crippen molar-refractivity contribution in [1.82, 2.24) is 4.90 Å². The average molecular weight is 442 g/mol. The minimum atomic E-state index is -0.264. The molecule has 1 unspecified atom stereocenters. The van der Waals surface area contributed by atoms with Gasteiger partial charge in [0.25, 0.3) is 5.91 Å². The number of carbonyl (C=O) groups excluding carboxylic acids is 1. The molecule has 0 fully saturated rings. The van der Waals surface area contributed by atoms with Gasteiger partial charge in [-0.15, -0.1) is 0 Å². The summed E-state index contributed by atoms with van der Waals surface area (Å²) in [5.74, 6) is 1.20. The lowest BCUT2D eigenvalue weighted by atomic mass is 9.87. The Labute approximate surface area is 185 Å². The molecule has 0 aromatic heterocycles. The molecule has 154 valence electrons. The van der Waals surface area contributed by atoms with Gasteiger partial charge in [0, 0.05) is 22.2 Å². The third-order valence-electron chi connectivity index (χ3n) is 5.36. The first-order valence-electron chi connectivity index (χ1n) is 9.58. The Balaban J connectivity index is 1.85. The van der Waals surface area contributed by atoms with E-state index in [0.717, 1.165) is 16.7 Å². The van der Waals surface area contributed by atoms with Crippen molar-refractivity contribution in [3.8, 4) is 11.5 Å². The third kappa shape index (κ3) is 3.85. The fourth-order valence-corrected chi connectivity index (χ4v) is 4.53. The summed E-state index contributed by atoms with van der Waals surface area (Å²) in [4.78, 5) is 15.4. The van der Waals surface area contributed by atoms with E-state index in [-0.39, 0.29) is 11.9 Å². The van der Waals surface area contributed by atoms with Crippen molar-refractivity contribution in [2.75, 3.05) is 20.8 Å². The van der Waals surface area contributed by atoms with Crippen LogP contribution < -0.4 is 9.47 Å². The van der Waals surface area contributed by atoms with Crippen LogP contribution in [0.15, 0.2) is 60.7 Å². The molecule has 1 amide bonds. The van der Waals surface area contributed by atoms with Crippen molar-refractivity contribution in [3.05, 3.63) is 93.0 Å². The lowest BCUT2D eigenvalue weighted by molar-refractivity contribution is 0.0694. The molecule has 0 bridgehead atoms. The number of hydrogen-bond acceptors (Lipinski definition) is 3. The lowest BCUT2D eigenvalue weighted by Gasteiger charge is -2.38. The van der Waals surface area contributed by atoms with Gasteiger partial charge in [0.05, 0.1) is 20.3 Å². The monoisotopic (exact) mass is 441 g/mol. The molecule has 1 aliphatic heterocycles. The number of methoxy groups -OCH3 is 2. The Bertz CT molecular complexity index is 1070. The van der Waals surface area contributed by atoms with Crippen molar-refractivity contribution < 1.29 is 14.3 Å². The smallest absolute Gasteiger partial charge is 0.254 e. The fourth-order valence-electron chi connectivity index (χ4n) is 4.00. The Hall–Kier alpha value is -2.69. The number of fused-ring (bicyclic) bond motifs is 1. The van der Waals surface area contributed by atoms with Crippen LogP contribution in [0.5, 0.6) is 11.5 Å². The molecule has 1 heterocycles. The minimum Gasteiger partial charge on any atom is -0.493 e. The quantitative estimate of drug-likeness (QED) is 0.513. The van der Waals surface area contributed by atoms with Gasteiger partial charge in [-0.1, -0.05) is 53.5 Å². The van der Waals surface area contributed by atoms with Crippen LogP contribution >= 0.6 is 23.2 Å². The number of amides is 1. The maximum absolute atomic E-state index is 13.5. The van der Waals surface area contributed by atoms with E-state index in [1.807, 2.05) is 47.4 Å². The summed E-state index contributed by atoms with van der Waals surface area (Å²) in [6, 6.07) is 18.6. The molecule has 3 aromatic rings. The Morgan fingerprint density at radius 3 is 2.20 bits per heavy atom. The Morgan fingerprint density at radius 1 is 0.933 bits per heavy atom. The zero-order valence-corrected chi connectivity index (χ0v) is 18.2. The standard InChI is InChI=1S/C24H21Cl2NO3/c1-29-21-12-16-8-9-27(24(28)17-10-18(25)13-19(26)11-17)23(15-6-4-3-5-7-15)20(16)14-22(21)30-2/h3-7,10-14,23H,8-9H2,1-2H3. The molecular formula is C24H21Cl2NO3. The van der Waals surface area contributed by atoms with E-state index in [1.54, 1.807) is 32.4 Å². The maximum Gasteiger partial charge on any atom is 0.254 e. The van der Waals surface area contributed by atoms with Gasteiger partial charge < -0.3 is 14.4 Å². The predicted octanol–water partition coefficient (Wildman–Crippen LogP) is 5.80. The van der Waals surface area contributed by atoms with Crippen LogP contribution in [0.3, 0.4) is 0 Å². The number of carbonyl (C=O) groups is 1. The number of benzene rings is 3. The van der Waals surface area contributed by atoms with Crippen molar-refractivity contribution >= 4 is 29.1 Å². The fraction of sp³-hybridized carbons (Fsp3) is 0.208.